The fraction of sp³-hybridized carbons (Fsp3) is 0.294. The van der Waals surface area contributed by atoms with Gasteiger partial charge in [0.2, 0.25) is 0 Å². The standard InChI is InChI=1S/C17H18N2O4S/c1-2-19(9-11-7-8-23-10-11)17(22)15(21)14(20)16-18-12-5-3-4-6-13(12)24-16/h3-8,10,14-15,20-21H,2,9H2,1H3/t14-,15+/m0/s1. The molecule has 0 spiro atoms. The van der Waals surface area contributed by atoms with Crippen LogP contribution in [0.3, 0.4) is 0 Å². The lowest BCUT2D eigenvalue weighted by atomic mass is 10.1. The number of para-hydroxylation sites is 1. The van der Waals surface area contributed by atoms with E-state index in [1.54, 1.807) is 12.3 Å². The third-order valence-electron chi connectivity index (χ3n) is 3.76. The quantitative estimate of drug-likeness (QED) is 0.715. The number of hydrogen-bond donors (Lipinski definition) is 2. The SMILES string of the molecule is CCN(Cc1ccoc1)C(=O)[C@H](O)[C@H](O)c1nc2ccccc2s1. The number of thiazole rings is 1. The van der Waals surface area contributed by atoms with Gasteiger partial charge in [-0.05, 0) is 25.1 Å². The minimum atomic E-state index is -1.56. The number of amides is 1. The van der Waals surface area contributed by atoms with Crippen LogP contribution in [0.1, 0.15) is 23.6 Å². The van der Waals surface area contributed by atoms with Crippen molar-refractivity contribution in [3.05, 3.63) is 53.4 Å². The summed E-state index contributed by atoms with van der Waals surface area (Å²) in [6.07, 6.45) is 0.164. The number of aromatic nitrogens is 1. The molecular weight excluding hydrogens is 328 g/mol. The Morgan fingerprint density at radius 1 is 1.33 bits per heavy atom. The molecule has 2 heterocycles. The van der Waals surface area contributed by atoms with Gasteiger partial charge in [0, 0.05) is 18.7 Å². The number of benzene rings is 1. The highest BCUT2D eigenvalue weighted by molar-refractivity contribution is 7.18. The molecular formula is C17H18N2O4S. The molecule has 24 heavy (non-hydrogen) atoms. The molecule has 0 saturated heterocycles. The second-order valence-electron chi connectivity index (χ2n) is 5.39. The van der Waals surface area contributed by atoms with E-state index in [9.17, 15) is 15.0 Å². The second kappa shape index (κ2) is 7.12. The maximum Gasteiger partial charge on any atom is 0.254 e. The molecule has 3 aromatic rings. The number of aliphatic hydroxyl groups excluding tert-OH is 2. The molecule has 2 atom stereocenters. The summed E-state index contributed by atoms with van der Waals surface area (Å²) < 4.78 is 5.89. The molecule has 1 aromatic carbocycles. The minimum absolute atomic E-state index is 0.315. The van der Waals surface area contributed by atoms with Gasteiger partial charge in [0.1, 0.15) is 11.1 Å². The summed E-state index contributed by atoms with van der Waals surface area (Å²) in [5.74, 6) is -0.537. The van der Waals surface area contributed by atoms with Crippen LogP contribution >= 0.6 is 11.3 Å². The fourth-order valence-corrected chi connectivity index (χ4v) is 3.41. The van der Waals surface area contributed by atoms with Gasteiger partial charge in [-0.1, -0.05) is 12.1 Å². The molecule has 0 aliphatic heterocycles. The van der Waals surface area contributed by atoms with E-state index < -0.39 is 18.1 Å². The Balaban J connectivity index is 1.75. The first kappa shape index (κ1) is 16.6. The molecule has 2 N–H and O–H groups in total. The number of likely N-dealkylation sites (N-methyl/N-ethyl adjacent to an activating group) is 1. The number of furan rings is 1. The van der Waals surface area contributed by atoms with E-state index in [4.69, 9.17) is 4.42 Å². The van der Waals surface area contributed by atoms with Gasteiger partial charge in [0.25, 0.3) is 5.91 Å². The van der Waals surface area contributed by atoms with E-state index in [1.165, 1.54) is 22.5 Å². The highest BCUT2D eigenvalue weighted by Gasteiger charge is 2.31. The Hall–Kier alpha value is -2.22. The van der Waals surface area contributed by atoms with Gasteiger partial charge in [-0.2, -0.15) is 0 Å². The fourth-order valence-electron chi connectivity index (χ4n) is 2.42. The Bertz CT molecular complexity index is 782. The zero-order valence-corrected chi connectivity index (χ0v) is 13.9. The summed E-state index contributed by atoms with van der Waals surface area (Å²) in [7, 11) is 0. The van der Waals surface area contributed by atoms with Gasteiger partial charge in [-0.3, -0.25) is 4.79 Å². The molecule has 0 fully saturated rings. The smallest absolute Gasteiger partial charge is 0.254 e. The van der Waals surface area contributed by atoms with Gasteiger partial charge in [-0.25, -0.2) is 4.98 Å². The van der Waals surface area contributed by atoms with Gasteiger partial charge >= 0.3 is 0 Å². The zero-order chi connectivity index (χ0) is 17.1. The van der Waals surface area contributed by atoms with Crippen LogP contribution in [0.15, 0.2) is 47.3 Å². The molecule has 6 nitrogen and oxygen atoms in total. The van der Waals surface area contributed by atoms with Gasteiger partial charge in [0.05, 0.1) is 22.7 Å². The highest BCUT2D eigenvalue weighted by Crippen LogP contribution is 2.28. The number of fused-ring (bicyclic) bond motifs is 1. The average Bonchev–Trinajstić information content (AvgIpc) is 3.26. The summed E-state index contributed by atoms with van der Waals surface area (Å²) in [6.45, 7) is 2.54. The van der Waals surface area contributed by atoms with Gasteiger partial charge < -0.3 is 19.5 Å². The molecule has 1 amide bonds. The first-order valence-corrected chi connectivity index (χ1v) is 8.43. The normalized spacial score (nSPS) is 13.8. The van der Waals surface area contributed by atoms with Crippen molar-refractivity contribution in [1.29, 1.82) is 0 Å². The van der Waals surface area contributed by atoms with Crippen molar-refractivity contribution in [1.82, 2.24) is 9.88 Å². The molecule has 0 unspecified atom stereocenters. The Morgan fingerprint density at radius 2 is 2.12 bits per heavy atom. The van der Waals surface area contributed by atoms with E-state index in [-0.39, 0.29) is 0 Å². The molecule has 7 heteroatoms. The average molecular weight is 346 g/mol. The number of carbonyl (C=O) groups is 1. The first-order chi connectivity index (χ1) is 11.6. The summed E-state index contributed by atoms with van der Waals surface area (Å²) in [5.41, 5.74) is 1.56. The monoisotopic (exact) mass is 346 g/mol. The Labute approximate surface area is 143 Å². The van der Waals surface area contributed by atoms with Crippen LogP contribution < -0.4 is 0 Å². The van der Waals surface area contributed by atoms with E-state index in [0.29, 0.717) is 18.1 Å². The van der Waals surface area contributed by atoms with E-state index in [0.717, 1.165) is 15.8 Å². The Kier molecular flexibility index (Phi) is 4.94. The molecule has 0 radical (unpaired) electrons. The third kappa shape index (κ3) is 3.33. The third-order valence-corrected chi connectivity index (χ3v) is 4.87. The molecule has 126 valence electrons. The summed E-state index contributed by atoms with van der Waals surface area (Å²) >= 11 is 1.27. The molecule has 2 aromatic heterocycles. The molecule has 0 saturated carbocycles. The number of aliphatic hydroxyl groups is 2. The van der Waals surface area contributed by atoms with Crippen LogP contribution in [-0.4, -0.2) is 38.7 Å². The maximum absolute atomic E-state index is 12.5. The zero-order valence-electron chi connectivity index (χ0n) is 13.1. The summed E-state index contributed by atoms with van der Waals surface area (Å²) in [4.78, 5) is 18.3. The number of hydrogen-bond acceptors (Lipinski definition) is 6. The lowest BCUT2D eigenvalue weighted by molar-refractivity contribution is -0.147. The van der Waals surface area contributed by atoms with Gasteiger partial charge in [-0.15, -0.1) is 11.3 Å². The van der Waals surface area contributed by atoms with Crippen molar-refractivity contribution >= 4 is 27.5 Å². The molecule has 0 aliphatic rings. The lowest BCUT2D eigenvalue weighted by Crippen LogP contribution is -2.41. The minimum Gasteiger partial charge on any atom is -0.472 e. The van der Waals surface area contributed by atoms with E-state index >= 15 is 0 Å². The predicted octanol–water partition coefficient (Wildman–Crippen LogP) is 2.33. The van der Waals surface area contributed by atoms with Crippen molar-refractivity contribution in [3.63, 3.8) is 0 Å². The van der Waals surface area contributed by atoms with Crippen LogP contribution in [0, 0.1) is 0 Å². The molecule has 3 rings (SSSR count). The second-order valence-corrected chi connectivity index (χ2v) is 6.46. The van der Waals surface area contributed by atoms with Crippen LogP contribution in [0.5, 0.6) is 0 Å². The number of rotatable bonds is 6. The van der Waals surface area contributed by atoms with Crippen molar-refractivity contribution in [3.8, 4) is 0 Å². The van der Waals surface area contributed by atoms with Gasteiger partial charge in [0.15, 0.2) is 6.10 Å². The number of nitrogens with zero attached hydrogens (tertiary/aromatic N) is 2. The predicted molar refractivity (Wildman–Crippen MR) is 90.4 cm³/mol. The largest absolute Gasteiger partial charge is 0.472 e. The van der Waals surface area contributed by atoms with Crippen LogP contribution in [0.25, 0.3) is 10.2 Å². The number of carbonyl (C=O) groups excluding carboxylic acids is 1. The van der Waals surface area contributed by atoms with E-state index in [1.807, 2.05) is 31.2 Å². The summed E-state index contributed by atoms with van der Waals surface area (Å²) in [5, 5.41) is 21.0. The van der Waals surface area contributed by atoms with Crippen molar-refractivity contribution < 1.29 is 19.4 Å². The topological polar surface area (TPSA) is 86.8 Å². The van der Waals surface area contributed by atoms with Crippen molar-refractivity contribution in [2.45, 2.75) is 25.7 Å². The van der Waals surface area contributed by atoms with Crippen LogP contribution in [-0.2, 0) is 11.3 Å². The van der Waals surface area contributed by atoms with Crippen LogP contribution in [0.4, 0.5) is 0 Å². The highest BCUT2D eigenvalue weighted by atomic mass is 32.1. The Morgan fingerprint density at radius 3 is 2.79 bits per heavy atom. The van der Waals surface area contributed by atoms with Crippen molar-refractivity contribution in [2.75, 3.05) is 6.54 Å². The summed E-state index contributed by atoms with van der Waals surface area (Å²) in [6, 6.07) is 9.19. The van der Waals surface area contributed by atoms with E-state index in [2.05, 4.69) is 4.98 Å². The van der Waals surface area contributed by atoms with Crippen LogP contribution in [0.2, 0.25) is 0 Å². The molecule has 0 bridgehead atoms. The maximum atomic E-state index is 12.5. The first-order valence-electron chi connectivity index (χ1n) is 7.61. The van der Waals surface area contributed by atoms with Crippen molar-refractivity contribution in [2.24, 2.45) is 0 Å². The molecule has 0 aliphatic carbocycles. The lowest BCUT2D eigenvalue weighted by Gasteiger charge is -2.25.